The molecule has 0 radical (unpaired) electrons. The van der Waals surface area contributed by atoms with E-state index in [0.717, 1.165) is 10.3 Å². The number of fused-ring (bicyclic) bond motifs is 1. The highest BCUT2D eigenvalue weighted by Gasteiger charge is 2.12. The van der Waals surface area contributed by atoms with E-state index < -0.39 is 4.92 Å². The maximum Gasteiger partial charge on any atom is 0.271 e. The topological polar surface area (TPSA) is 94.4 Å². The Morgan fingerprint density at radius 3 is 2.75 bits per heavy atom. The van der Waals surface area contributed by atoms with Crippen LogP contribution in [0.25, 0.3) is 10.2 Å². The van der Waals surface area contributed by atoms with Gasteiger partial charge >= 0.3 is 0 Å². The molecule has 122 valence electrons. The van der Waals surface area contributed by atoms with Gasteiger partial charge in [0.05, 0.1) is 15.1 Å². The second-order valence-electron chi connectivity index (χ2n) is 5.08. The summed E-state index contributed by atoms with van der Waals surface area (Å²) in [7, 11) is 0. The average Bonchev–Trinajstić information content (AvgIpc) is 2.95. The Morgan fingerprint density at radius 1 is 1.29 bits per heavy atom. The number of rotatable bonds is 5. The van der Waals surface area contributed by atoms with E-state index in [1.54, 1.807) is 18.2 Å². The molecule has 0 bridgehead atoms. The Labute approximate surface area is 141 Å². The molecule has 1 N–H and O–H groups in total. The van der Waals surface area contributed by atoms with Gasteiger partial charge in [0.1, 0.15) is 5.75 Å². The SMILES string of the molecule is Cc1ccc(OCC(=O)Nc2nc3cc([N+](=O)[O-])ccc3s2)cc1. The molecule has 24 heavy (non-hydrogen) atoms. The molecule has 7 nitrogen and oxygen atoms in total. The second kappa shape index (κ2) is 6.63. The van der Waals surface area contributed by atoms with E-state index in [2.05, 4.69) is 10.3 Å². The molecule has 0 saturated heterocycles. The minimum Gasteiger partial charge on any atom is -0.484 e. The molecule has 8 heteroatoms. The number of aromatic nitrogens is 1. The van der Waals surface area contributed by atoms with Crippen molar-refractivity contribution in [3.8, 4) is 5.75 Å². The standard InChI is InChI=1S/C16H13N3O4S/c1-10-2-5-12(6-3-10)23-9-15(20)18-16-17-13-8-11(19(21)22)4-7-14(13)24-16/h2-8H,9H2,1H3,(H,17,18,20). The van der Waals surface area contributed by atoms with Crippen molar-refractivity contribution in [3.63, 3.8) is 0 Å². The Hall–Kier alpha value is -3.00. The fourth-order valence-corrected chi connectivity index (χ4v) is 2.88. The van der Waals surface area contributed by atoms with Gasteiger partial charge < -0.3 is 4.74 Å². The first kappa shape index (κ1) is 15.9. The average molecular weight is 343 g/mol. The van der Waals surface area contributed by atoms with Gasteiger partial charge in [0.25, 0.3) is 11.6 Å². The Kier molecular flexibility index (Phi) is 4.39. The monoisotopic (exact) mass is 343 g/mol. The maximum absolute atomic E-state index is 11.9. The van der Waals surface area contributed by atoms with Gasteiger partial charge in [-0.3, -0.25) is 20.2 Å². The van der Waals surface area contributed by atoms with Crippen molar-refractivity contribution < 1.29 is 14.5 Å². The first-order valence-corrected chi connectivity index (χ1v) is 7.87. The molecule has 0 atom stereocenters. The van der Waals surface area contributed by atoms with Gasteiger partial charge in [0, 0.05) is 12.1 Å². The molecule has 0 aliphatic carbocycles. The van der Waals surface area contributed by atoms with Gasteiger partial charge in [-0.05, 0) is 25.1 Å². The van der Waals surface area contributed by atoms with Gasteiger partial charge in [-0.2, -0.15) is 0 Å². The van der Waals surface area contributed by atoms with Crippen molar-refractivity contribution in [1.82, 2.24) is 4.98 Å². The van der Waals surface area contributed by atoms with E-state index in [1.807, 2.05) is 19.1 Å². The molecule has 0 fully saturated rings. The summed E-state index contributed by atoms with van der Waals surface area (Å²) >= 11 is 1.25. The van der Waals surface area contributed by atoms with Crippen LogP contribution in [-0.4, -0.2) is 22.4 Å². The van der Waals surface area contributed by atoms with Crippen molar-refractivity contribution >= 4 is 38.3 Å². The first-order chi connectivity index (χ1) is 11.5. The number of thiazole rings is 1. The van der Waals surface area contributed by atoms with Crippen molar-refractivity contribution in [3.05, 3.63) is 58.1 Å². The van der Waals surface area contributed by atoms with Crippen LogP contribution in [0.2, 0.25) is 0 Å². The molecule has 0 unspecified atom stereocenters. The number of aryl methyl sites for hydroxylation is 1. The normalized spacial score (nSPS) is 10.5. The lowest BCUT2D eigenvalue weighted by Gasteiger charge is -2.05. The summed E-state index contributed by atoms with van der Waals surface area (Å²) in [5.41, 5.74) is 1.55. The summed E-state index contributed by atoms with van der Waals surface area (Å²) in [5, 5.41) is 13.8. The number of carbonyl (C=O) groups excluding carboxylic acids is 1. The first-order valence-electron chi connectivity index (χ1n) is 7.05. The second-order valence-corrected chi connectivity index (χ2v) is 6.11. The van der Waals surface area contributed by atoms with Crippen molar-refractivity contribution in [2.45, 2.75) is 6.92 Å². The van der Waals surface area contributed by atoms with Crippen LogP contribution in [0.1, 0.15) is 5.56 Å². The van der Waals surface area contributed by atoms with Crippen molar-refractivity contribution in [1.29, 1.82) is 0 Å². The van der Waals surface area contributed by atoms with Crippen LogP contribution >= 0.6 is 11.3 Å². The van der Waals surface area contributed by atoms with E-state index in [0.29, 0.717) is 16.4 Å². The van der Waals surface area contributed by atoms with Crippen LogP contribution in [-0.2, 0) is 4.79 Å². The van der Waals surface area contributed by atoms with E-state index in [-0.39, 0.29) is 18.2 Å². The summed E-state index contributed by atoms with van der Waals surface area (Å²) in [5.74, 6) is 0.264. The predicted octanol–water partition coefficient (Wildman–Crippen LogP) is 3.53. The van der Waals surface area contributed by atoms with Gasteiger partial charge in [-0.15, -0.1) is 0 Å². The summed E-state index contributed by atoms with van der Waals surface area (Å²) in [6, 6.07) is 11.8. The predicted molar refractivity (Wildman–Crippen MR) is 91.6 cm³/mol. The highest BCUT2D eigenvalue weighted by atomic mass is 32.1. The largest absolute Gasteiger partial charge is 0.484 e. The summed E-state index contributed by atoms with van der Waals surface area (Å²) in [4.78, 5) is 26.4. The third-order valence-electron chi connectivity index (χ3n) is 3.22. The number of benzene rings is 2. The van der Waals surface area contributed by atoms with Gasteiger partial charge in [0.2, 0.25) is 0 Å². The molecule has 0 aliphatic rings. The van der Waals surface area contributed by atoms with Crippen molar-refractivity contribution in [2.24, 2.45) is 0 Å². The Bertz CT molecular complexity index is 905. The Balaban J connectivity index is 1.64. The van der Waals surface area contributed by atoms with E-state index in [1.165, 1.54) is 23.5 Å². The van der Waals surface area contributed by atoms with Crippen LogP contribution in [0.15, 0.2) is 42.5 Å². The molecule has 0 saturated carbocycles. The number of hydrogen-bond donors (Lipinski definition) is 1. The van der Waals surface area contributed by atoms with Crippen molar-refractivity contribution in [2.75, 3.05) is 11.9 Å². The maximum atomic E-state index is 11.9. The molecule has 1 amide bonds. The number of anilines is 1. The molecule has 2 aromatic carbocycles. The highest BCUT2D eigenvalue weighted by molar-refractivity contribution is 7.22. The van der Waals surface area contributed by atoms with E-state index >= 15 is 0 Å². The fraction of sp³-hybridized carbons (Fsp3) is 0.125. The Morgan fingerprint density at radius 2 is 2.04 bits per heavy atom. The number of ether oxygens (including phenoxy) is 1. The summed E-state index contributed by atoms with van der Waals surface area (Å²) in [6.07, 6.45) is 0. The number of nitro benzene ring substituents is 1. The smallest absolute Gasteiger partial charge is 0.271 e. The molecule has 3 aromatic rings. The lowest BCUT2D eigenvalue weighted by atomic mass is 10.2. The third-order valence-corrected chi connectivity index (χ3v) is 4.17. The van der Waals surface area contributed by atoms with Crippen LogP contribution < -0.4 is 10.1 Å². The number of non-ortho nitro benzene ring substituents is 1. The lowest BCUT2D eigenvalue weighted by Crippen LogP contribution is -2.19. The lowest BCUT2D eigenvalue weighted by molar-refractivity contribution is -0.384. The number of amides is 1. The molecule has 3 rings (SSSR count). The third kappa shape index (κ3) is 3.66. The highest BCUT2D eigenvalue weighted by Crippen LogP contribution is 2.28. The number of nitrogens with one attached hydrogen (secondary N) is 1. The number of carbonyl (C=O) groups is 1. The molecule has 0 aliphatic heterocycles. The summed E-state index contributed by atoms with van der Waals surface area (Å²) < 4.78 is 6.15. The molecule has 1 heterocycles. The van der Waals surface area contributed by atoms with Crippen LogP contribution in [0, 0.1) is 17.0 Å². The molecule has 1 aromatic heterocycles. The van der Waals surface area contributed by atoms with Crippen LogP contribution in [0.3, 0.4) is 0 Å². The van der Waals surface area contributed by atoms with E-state index in [4.69, 9.17) is 4.74 Å². The zero-order valence-corrected chi connectivity index (χ0v) is 13.5. The fourth-order valence-electron chi connectivity index (χ4n) is 2.02. The van der Waals surface area contributed by atoms with Crippen LogP contribution in [0.4, 0.5) is 10.8 Å². The van der Waals surface area contributed by atoms with Gasteiger partial charge in [0.15, 0.2) is 11.7 Å². The van der Waals surface area contributed by atoms with E-state index in [9.17, 15) is 14.9 Å². The number of hydrogen-bond acceptors (Lipinski definition) is 6. The minimum absolute atomic E-state index is 0.0339. The number of nitrogens with zero attached hydrogens (tertiary/aromatic N) is 2. The molecular formula is C16H13N3O4S. The zero-order chi connectivity index (χ0) is 17.1. The number of nitro groups is 1. The molecule has 0 spiro atoms. The van der Waals surface area contributed by atoms with Gasteiger partial charge in [-0.25, -0.2) is 4.98 Å². The van der Waals surface area contributed by atoms with Gasteiger partial charge in [-0.1, -0.05) is 29.0 Å². The quantitative estimate of drug-likeness (QED) is 0.565. The summed E-state index contributed by atoms with van der Waals surface area (Å²) in [6.45, 7) is 1.83. The molecular weight excluding hydrogens is 330 g/mol. The minimum atomic E-state index is -0.480. The van der Waals surface area contributed by atoms with Crippen LogP contribution in [0.5, 0.6) is 5.75 Å². The zero-order valence-electron chi connectivity index (χ0n) is 12.7.